The van der Waals surface area contributed by atoms with Crippen molar-refractivity contribution in [3.63, 3.8) is 0 Å². The topological polar surface area (TPSA) is 236 Å². The predicted octanol–water partition coefficient (Wildman–Crippen LogP) is 8.72. The van der Waals surface area contributed by atoms with E-state index in [2.05, 4.69) is 28.1 Å². The Morgan fingerprint density at radius 3 is 1.84 bits per heavy atom. The number of ether oxygens (including phenoxy) is 2. The molecule has 0 bridgehead atoms. The van der Waals surface area contributed by atoms with Crippen LogP contribution in [0.5, 0.6) is 0 Å². The van der Waals surface area contributed by atoms with Crippen LogP contribution < -0.4 is 0 Å². The molecule has 0 aliphatic carbocycles. The molecule has 0 aromatic heterocycles. The van der Waals surface area contributed by atoms with E-state index in [9.17, 15) is 38.9 Å². The molecule has 6 N–H and O–H groups in total. The Labute approximate surface area is 363 Å². The zero-order valence-corrected chi connectivity index (χ0v) is 38.0. The maximum atomic E-state index is 12.6. The molecule has 1 unspecified atom stereocenters. The van der Waals surface area contributed by atoms with Gasteiger partial charge in [0, 0.05) is 12.8 Å². The Bertz CT molecular complexity index is 1430. The standard InChI is InChI=1S/C44H74O15P2/c1-3-5-7-8-9-10-11-12-13-14-18-21-27-34-44(49)59-42(38-58-61(53,54)57-36-41(47)35-56-60(50,51)52)37-55-43(48)33-28-22-26-32-40(46)31-25-20-17-15-16-19-24-30-39(45)29-23-6-4-2/h6,10-11,16-17,19-20,23-26,30-32,39-42,45-47H,3-5,7-9,12-15,18,21-22,27-29,33-38H2,1-2H3,(H,53,54)(H2,50,51,52)/b11-10-,19-16-,20-17-,23-6-,30-24+,31-25+,32-26-/t39-,40-,41+,42-/m1/s1. The molecule has 0 aliphatic rings. The molecule has 5 atom stereocenters. The van der Waals surface area contributed by atoms with Gasteiger partial charge in [0.15, 0.2) is 6.10 Å². The van der Waals surface area contributed by atoms with E-state index in [4.69, 9.17) is 23.8 Å². The number of aliphatic hydroxyl groups excluding tert-OH is 3. The normalized spacial score (nSPS) is 15.9. The van der Waals surface area contributed by atoms with Gasteiger partial charge in [-0.05, 0) is 64.2 Å². The summed E-state index contributed by atoms with van der Waals surface area (Å²) in [7, 11) is -9.75. The number of rotatable bonds is 39. The van der Waals surface area contributed by atoms with Crippen LogP contribution in [0.3, 0.4) is 0 Å². The lowest BCUT2D eigenvalue weighted by Gasteiger charge is -2.20. The number of hydrogen-bond acceptors (Lipinski definition) is 12. The van der Waals surface area contributed by atoms with Crippen LogP contribution in [0.1, 0.15) is 129 Å². The summed E-state index contributed by atoms with van der Waals surface area (Å²) in [4.78, 5) is 52.6. The smallest absolute Gasteiger partial charge is 0.462 e. The third-order valence-corrected chi connectivity index (χ3v) is 9.87. The molecule has 0 fully saturated rings. The molecule has 0 aromatic carbocycles. The molecule has 0 heterocycles. The maximum absolute atomic E-state index is 12.6. The summed E-state index contributed by atoms with van der Waals surface area (Å²) in [6.07, 6.45) is 36.5. The van der Waals surface area contributed by atoms with Crippen LogP contribution in [0.25, 0.3) is 0 Å². The first-order chi connectivity index (χ1) is 29.2. The first kappa shape index (κ1) is 58.2. The van der Waals surface area contributed by atoms with E-state index in [1.807, 2.05) is 43.4 Å². The second kappa shape index (κ2) is 38.9. The third-order valence-electron chi connectivity index (χ3n) is 8.43. The summed E-state index contributed by atoms with van der Waals surface area (Å²) in [6.45, 7) is 1.30. The van der Waals surface area contributed by atoms with Crippen molar-refractivity contribution in [2.24, 2.45) is 0 Å². The maximum Gasteiger partial charge on any atom is 0.472 e. The first-order valence-electron chi connectivity index (χ1n) is 21.5. The van der Waals surface area contributed by atoms with E-state index < -0.39 is 78.4 Å². The quantitative estimate of drug-likeness (QED) is 0.0111. The van der Waals surface area contributed by atoms with E-state index >= 15 is 0 Å². The van der Waals surface area contributed by atoms with Crippen LogP contribution in [-0.4, -0.2) is 92.8 Å². The van der Waals surface area contributed by atoms with Crippen molar-refractivity contribution in [1.82, 2.24) is 0 Å². The molecular weight excluding hydrogens is 830 g/mol. The Balaban J connectivity index is 4.78. The van der Waals surface area contributed by atoms with Crippen molar-refractivity contribution in [3.8, 4) is 0 Å². The Morgan fingerprint density at radius 2 is 1.16 bits per heavy atom. The number of carbonyl (C=O) groups excluding carboxylic acids is 2. The SMILES string of the molecule is CC/C=C\C[C@@H](O)/C=C/C=C\C/C=C\C=C\[C@@H](O)/C=C\CCCC(=O)OC[C@H](COP(=O)(O)OC[C@@H](O)COP(=O)(O)O)OC(=O)CCCCCCC/C=C\CCCCCC. The number of esters is 2. The fourth-order valence-corrected chi connectivity index (χ4v) is 6.30. The number of carbonyl (C=O) groups is 2. The van der Waals surface area contributed by atoms with Crippen LogP contribution in [0, 0.1) is 0 Å². The summed E-state index contributed by atoms with van der Waals surface area (Å²) >= 11 is 0. The largest absolute Gasteiger partial charge is 0.472 e. The number of phosphoric acid groups is 2. The fourth-order valence-electron chi connectivity index (χ4n) is 5.14. The van der Waals surface area contributed by atoms with Gasteiger partial charge in [-0.3, -0.25) is 23.2 Å². The minimum atomic E-state index is -4.89. The number of allylic oxidation sites excluding steroid dienone is 10. The fraction of sp³-hybridized carbons (Fsp3) is 0.636. The van der Waals surface area contributed by atoms with Crippen molar-refractivity contribution >= 4 is 27.6 Å². The van der Waals surface area contributed by atoms with Crippen LogP contribution >= 0.6 is 15.6 Å². The van der Waals surface area contributed by atoms with Gasteiger partial charge in [0.25, 0.3) is 0 Å². The van der Waals surface area contributed by atoms with Gasteiger partial charge < -0.3 is 39.5 Å². The molecule has 0 spiro atoms. The molecule has 0 aliphatic heterocycles. The average molecular weight is 905 g/mol. The number of phosphoric ester groups is 2. The van der Waals surface area contributed by atoms with Crippen molar-refractivity contribution in [3.05, 3.63) is 85.1 Å². The minimum Gasteiger partial charge on any atom is -0.462 e. The van der Waals surface area contributed by atoms with Gasteiger partial charge in [-0.15, -0.1) is 0 Å². The molecule has 0 rings (SSSR count). The number of aliphatic hydroxyl groups is 3. The minimum absolute atomic E-state index is 0.00301. The highest BCUT2D eigenvalue weighted by Crippen LogP contribution is 2.43. The zero-order valence-electron chi connectivity index (χ0n) is 36.2. The third kappa shape index (κ3) is 42.3. The summed E-state index contributed by atoms with van der Waals surface area (Å²) < 4.78 is 47.6. The number of hydrogen-bond donors (Lipinski definition) is 6. The van der Waals surface area contributed by atoms with Crippen molar-refractivity contribution < 1.29 is 71.8 Å². The summed E-state index contributed by atoms with van der Waals surface area (Å²) in [5.41, 5.74) is 0. The summed E-state index contributed by atoms with van der Waals surface area (Å²) in [5, 5.41) is 29.7. The van der Waals surface area contributed by atoms with Gasteiger partial charge in [0.1, 0.15) is 12.7 Å². The van der Waals surface area contributed by atoms with Crippen molar-refractivity contribution in [1.29, 1.82) is 0 Å². The van der Waals surface area contributed by atoms with Crippen LogP contribution in [0.15, 0.2) is 85.1 Å². The number of unbranched alkanes of at least 4 members (excludes halogenated alkanes) is 10. The lowest BCUT2D eigenvalue weighted by atomic mass is 10.1. The van der Waals surface area contributed by atoms with Crippen molar-refractivity contribution in [2.45, 2.75) is 154 Å². The monoisotopic (exact) mass is 904 g/mol. The van der Waals surface area contributed by atoms with Gasteiger partial charge in [0.05, 0.1) is 32.0 Å². The second-order valence-corrected chi connectivity index (χ2v) is 17.0. The van der Waals surface area contributed by atoms with E-state index in [0.29, 0.717) is 32.1 Å². The molecule has 0 saturated heterocycles. The van der Waals surface area contributed by atoms with Crippen LogP contribution in [0.4, 0.5) is 0 Å². The average Bonchev–Trinajstić information content (AvgIpc) is 3.21. The molecule has 0 aromatic rings. The first-order valence-corrected chi connectivity index (χ1v) is 24.5. The summed E-state index contributed by atoms with van der Waals surface area (Å²) in [5.74, 6) is -1.23. The molecular formula is C44H74O15P2. The highest BCUT2D eigenvalue weighted by Gasteiger charge is 2.28. The van der Waals surface area contributed by atoms with Gasteiger partial charge in [-0.25, -0.2) is 9.13 Å². The molecule has 15 nitrogen and oxygen atoms in total. The Hall–Kier alpha value is -2.78. The van der Waals surface area contributed by atoms with Gasteiger partial charge in [-0.2, -0.15) is 0 Å². The Kier molecular flexibility index (Phi) is 37.1. The molecule has 0 amide bonds. The highest BCUT2D eigenvalue weighted by atomic mass is 31.2. The zero-order chi connectivity index (χ0) is 45.5. The van der Waals surface area contributed by atoms with Crippen LogP contribution in [-0.2, 0) is 41.8 Å². The molecule has 0 radical (unpaired) electrons. The Morgan fingerprint density at radius 1 is 0.574 bits per heavy atom. The molecule has 61 heavy (non-hydrogen) atoms. The van der Waals surface area contributed by atoms with E-state index in [-0.39, 0.29) is 12.8 Å². The predicted molar refractivity (Wildman–Crippen MR) is 237 cm³/mol. The van der Waals surface area contributed by atoms with E-state index in [0.717, 1.165) is 44.9 Å². The lowest BCUT2D eigenvalue weighted by Crippen LogP contribution is -2.30. The van der Waals surface area contributed by atoms with Gasteiger partial charge in [-0.1, -0.05) is 137 Å². The van der Waals surface area contributed by atoms with E-state index in [1.165, 1.54) is 25.7 Å². The van der Waals surface area contributed by atoms with Gasteiger partial charge in [0.2, 0.25) is 0 Å². The van der Waals surface area contributed by atoms with Crippen molar-refractivity contribution in [2.75, 3.05) is 26.4 Å². The molecule has 17 heteroatoms. The second-order valence-electron chi connectivity index (χ2n) is 14.3. The lowest BCUT2D eigenvalue weighted by molar-refractivity contribution is -0.161. The van der Waals surface area contributed by atoms with Crippen LogP contribution in [0.2, 0.25) is 0 Å². The van der Waals surface area contributed by atoms with Gasteiger partial charge >= 0.3 is 27.6 Å². The molecule has 350 valence electrons. The highest BCUT2D eigenvalue weighted by molar-refractivity contribution is 7.47. The van der Waals surface area contributed by atoms with E-state index in [1.54, 1.807) is 36.5 Å². The summed E-state index contributed by atoms with van der Waals surface area (Å²) in [6, 6.07) is 0. The molecule has 0 saturated carbocycles.